The van der Waals surface area contributed by atoms with Gasteiger partial charge in [0, 0.05) is 5.02 Å². The normalized spacial score (nSPS) is 12.8. The van der Waals surface area contributed by atoms with Gasteiger partial charge in [-0.25, -0.2) is 0 Å². The van der Waals surface area contributed by atoms with Gasteiger partial charge in [-0.15, -0.1) is 11.3 Å². The molecule has 1 aromatic heterocycles. The fourth-order valence-electron chi connectivity index (χ4n) is 1.87. The zero-order valence-electron chi connectivity index (χ0n) is 10.4. The van der Waals surface area contributed by atoms with E-state index in [1.807, 2.05) is 38.3 Å². The van der Waals surface area contributed by atoms with E-state index in [0.717, 1.165) is 32.2 Å². The summed E-state index contributed by atoms with van der Waals surface area (Å²) in [6.07, 6.45) is -0.688. The molecule has 2 aromatic rings. The molecule has 1 nitrogen and oxygen atoms in total. The Bertz CT molecular complexity index is 590. The number of aryl methyl sites for hydroxylation is 3. The Morgan fingerprint density at radius 1 is 1.06 bits per heavy atom. The van der Waals surface area contributed by atoms with Crippen molar-refractivity contribution in [2.75, 3.05) is 0 Å². The van der Waals surface area contributed by atoms with Crippen LogP contribution in [-0.4, -0.2) is 5.11 Å². The monoisotopic (exact) mass is 300 g/mol. The molecule has 0 spiro atoms. The maximum Gasteiger partial charge on any atom is 0.115 e. The predicted molar refractivity (Wildman–Crippen MR) is 79.1 cm³/mol. The molecule has 0 aliphatic carbocycles. The van der Waals surface area contributed by atoms with Crippen LogP contribution in [0.1, 0.15) is 33.2 Å². The summed E-state index contributed by atoms with van der Waals surface area (Å²) >= 11 is 13.8. The summed E-state index contributed by atoms with van der Waals surface area (Å²) in [4.78, 5) is 0.791. The summed E-state index contributed by atoms with van der Waals surface area (Å²) in [6.45, 7) is 5.81. The van der Waals surface area contributed by atoms with E-state index in [-0.39, 0.29) is 0 Å². The molecule has 0 bridgehead atoms. The quantitative estimate of drug-likeness (QED) is 0.822. The minimum atomic E-state index is -0.688. The first kappa shape index (κ1) is 13.9. The lowest BCUT2D eigenvalue weighted by Gasteiger charge is -2.15. The summed E-state index contributed by atoms with van der Waals surface area (Å²) in [7, 11) is 0. The minimum Gasteiger partial charge on any atom is -0.383 e. The van der Waals surface area contributed by atoms with Gasteiger partial charge in [-0.1, -0.05) is 29.3 Å². The Hall–Kier alpha value is -0.540. The molecule has 0 saturated carbocycles. The van der Waals surface area contributed by atoms with Crippen molar-refractivity contribution in [3.05, 3.63) is 54.7 Å². The second-order valence-electron chi connectivity index (χ2n) is 4.46. The second-order valence-corrected chi connectivity index (χ2v) is 6.15. The third-order valence-corrected chi connectivity index (χ3v) is 5.19. The van der Waals surface area contributed by atoms with E-state index in [1.165, 1.54) is 11.3 Å². The first-order chi connectivity index (χ1) is 8.41. The molecule has 0 fully saturated rings. The van der Waals surface area contributed by atoms with Gasteiger partial charge in [-0.05, 0) is 54.5 Å². The van der Waals surface area contributed by atoms with Crippen molar-refractivity contribution in [3.63, 3.8) is 0 Å². The fourth-order valence-corrected chi connectivity index (χ4v) is 3.39. The predicted octanol–water partition coefficient (Wildman–Crippen LogP) is 5.06. The molecule has 1 heterocycles. The lowest BCUT2D eigenvalue weighted by molar-refractivity contribution is 0.223. The molecule has 0 aliphatic heterocycles. The molecular formula is C14H14Cl2OS. The summed E-state index contributed by atoms with van der Waals surface area (Å²) in [5.74, 6) is 0. The molecule has 1 atom stereocenters. The molecule has 96 valence electrons. The van der Waals surface area contributed by atoms with Crippen LogP contribution < -0.4 is 0 Å². The van der Waals surface area contributed by atoms with Crippen molar-refractivity contribution in [1.29, 1.82) is 0 Å². The van der Waals surface area contributed by atoms with Gasteiger partial charge < -0.3 is 5.11 Å². The SMILES string of the molecule is Cc1cc(C(O)c2scc(C)c2Cl)c(C)cc1Cl. The van der Waals surface area contributed by atoms with Gasteiger partial charge in [0.25, 0.3) is 0 Å². The third kappa shape index (κ3) is 2.43. The number of hydrogen-bond acceptors (Lipinski definition) is 2. The number of aliphatic hydroxyl groups is 1. The molecule has 0 amide bonds. The highest BCUT2D eigenvalue weighted by Crippen LogP contribution is 2.37. The van der Waals surface area contributed by atoms with Gasteiger partial charge in [-0.2, -0.15) is 0 Å². The van der Waals surface area contributed by atoms with Crippen molar-refractivity contribution >= 4 is 34.5 Å². The number of benzene rings is 1. The molecular weight excluding hydrogens is 287 g/mol. The third-order valence-electron chi connectivity index (χ3n) is 3.02. The van der Waals surface area contributed by atoms with Crippen molar-refractivity contribution in [1.82, 2.24) is 0 Å². The standard InChI is InChI=1S/C14H14Cl2OS/c1-7-5-11(15)8(2)4-10(7)13(17)14-12(16)9(3)6-18-14/h4-6,13,17H,1-3H3. The number of hydrogen-bond donors (Lipinski definition) is 1. The van der Waals surface area contributed by atoms with E-state index in [2.05, 4.69) is 0 Å². The summed E-state index contributed by atoms with van der Waals surface area (Å²) in [5.41, 5.74) is 3.79. The smallest absolute Gasteiger partial charge is 0.115 e. The highest BCUT2D eigenvalue weighted by Gasteiger charge is 2.19. The van der Waals surface area contributed by atoms with Crippen LogP contribution in [0, 0.1) is 20.8 Å². The molecule has 0 saturated heterocycles. The minimum absolute atomic E-state index is 0.652. The Kier molecular flexibility index (Phi) is 4.02. The van der Waals surface area contributed by atoms with Crippen LogP contribution in [0.15, 0.2) is 17.5 Å². The average Bonchev–Trinajstić information content (AvgIpc) is 2.64. The van der Waals surface area contributed by atoms with Crippen LogP contribution in [-0.2, 0) is 0 Å². The van der Waals surface area contributed by atoms with Crippen LogP contribution in [0.3, 0.4) is 0 Å². The van der Waals surface area contributed by atoms with Crippen LogP contribution in [0.2, 0.25) is 10.0 Å². The van der Waals surface area contributed by atoms with Crippen LogP contribution in [0.25, 0.3) is 0 Å². The first-order valence-electron chi connectivity index (χ1n) is 5.60. The Morgan fingerprint density at radius 3 is 2.28 bits per heavy atom. The highest BCUT2D eigenvalue weighted by molar-refractivity contribution is 7.10. The molecule has 1 aromatic carbocycles. The van der Waals surface area contributed by atoms with Crippen molar-refractivity contribution in [2.24, 2.45) is 0 Å². The summed E-state index contributed by atoms with van der Waals surface area (Å²) in [5, 5.41) is 13.8. The van der Waals surface area contributed by atoms with Gasteiger partial charge >= 0.3 is 0 Å². The molecule has 1 N–H and O–H groups in total. The van der Waals surface area contributed by atoms with Crippen molar-refractivity contribution in [3.8, 4) is 0 Å². The zero-order valence-corrected chi connectivity index (χ0v) is 12.7. The first-order valence-corrected chi connectivity index (χ1v) is 7.23. The highest BCUT2D eigenvalue weighted by atomic mass is 35.5. The molecule has 4 heteroatoms. The Balaban J connectivity index is 2.49. The number of thiophene rings is 1. The van der Waals surface area contributed by atoms with Gasteiger partial charge in [0.1, 0.15) is 6.10 Å². The lowest BCUT2D eigenvalue weighted by atomic mass is 9.99. The Labute approximate surface area is 121 Å². The maximum absolute atomic E-state index is 10.5. The number of aliphatic hydroxyl groups excluding tert-OH is 1. The van der Waals surface area contributed by atoms with Crippen LogP contribution in [0.5, 0.6) is 0 Å². The van der Waals surface area contributed by atoms with E-state index in [1.54, 1.807) is 0 Å². The average molecular weight is 301 g/mol. The largest absolute Gasteiger partial charge is 0.383 e. The summed E-state index contributed by atoms with van der Waals surface area (Å²) in [6, 6.07) is 3.80. The lowest BCUT2D eigenvalue weighted by Crippen LogP contribution is -2.01. The Morgan fingerprint density at radius 2 is 1.72 bits per heavy atom. The molecule has 0 radical (unpaired) electrons. The van der Waals surface area contributed by atoms with E-state index in [4.69, 9.17) is 23.2 Å². The van der Waals surface area contributed by atoms with Gasteiger partial charge in [-0.3, -0.25) is 0 Å². The van der Waals surface area contributed by atoms with E-state index < -0.39 is 6.10 Å². The number of halogens is 2. The van der Waals surface area contributed by atoms with Gasteiger partial charge in [0.2, 0.25) is 0 Å². The second kappa shape index (κ2) is 5.22. The number of rotatable bonds is 2. The molecule has 1 unspecified atom stereocenters. The topological polar surface area (TPSA) is 20.2 Å². The van der Waals surface area contributed by atoms with Crippen molar-refractivity contribution < 1.29 is 5.11 Å². The summed E-state index contributed by atoms with van der Waals surface area (Å²) < 4.78 is 0. The van der Waals surface area contributed by atoms with E-state index in [0.29, 0.717) is 5.02 Å². The van der Waals surface area contributed by atoms with Gasteiger partial charge in [0.15, 0.2) is 0 Å². The maximum atomic E-state index is 10.5. The molecule has 18 heavy (non-hydrogen) atoms. The molecule has 2 rings (SSSR count). The van der Waals surface area contributed by atoms with E-state index in [9.17, 15) is 5.11 Å². The van der Waals surface area contributed by atoms with Gasteiger partial charge in [0.05, 0.1) is 9.90 Å². The zero-order chi connectivity index (χ0) is 13.4. The molecule has 0 aliphatic rings. The van der Waals surface area contributed by atoms with E-state index >= 15 is 0 Å². The van der Waals surface area contributed by atoms with Crippen LogP contribution in [0.4, 0.5) is 0 Å². The van der Waals surface area contributed by atoms with Crippen molar-refractivity contribution in [2.45, 2.75) is 26.9 Å². The fraction of sp³-hybridized carbons (Fsp3) is 0.286. The van der Waals surface area contributed by atoms with Crippen LogP contribution >= 0.6 is 34.5 Å².